The maximum absolute atomic E-state index is 13.1. The molecule has 8 nitrogen and oxygen atoms in total. The van der Waals surface area contributed by atoms with Gasteiger partial charge in [-0.3, -0.25) is 4.79 Å². The molecule has 12 heteroatoms. The Labute approximate surface area is 195 Å². The van der Waals surface area contributed by atoms with Crippen molar-refractivity contribution in [3.63, 3.8) is 0 Å². The molecule has 0 bridgehead atoms. The van der Waals surface area contributed by atoms with Gasteiger partial charge in [0.25, 0.3) is 0 Å². The molecule has 2 aliphatic rings. The van der Waals surface area contributed by atoms with Crippen molar-refractivity contribution in [1.29, 1.82) is 0 Å². The van der Waals surface area contributed by atoms with Gasteiger partial charge in [-0.15, -0.1) is 10.2 Å². The Balaban J connectivity index is 1.24. The molecule has 174 valence electrons. The summed E-state index contributed by atoms with van der Waals surface area (Å²) in [7, 11) is -3.69. The number of anilines is 1. The summed E-state index contributed by atoms with van der Waals surface area (Å²) in [6.07, 6.45) is 6.09. The predicted octanol–water partition coefficient (Wildman–Crippen LogP) is 3.05. The van der Waals surface area contributed by atoms with Gasteiger partial charge < -0.3 is 10.2 Å². The number of piperazine rings is 1. The molecule has 32 heavy (non-hydrogen) atoms. The van der Waals surface area contributed by atoms with Crippen molar-refractivity contribution in [3.05, 3.63) is 30.1 Å². The minimum absolute atomic E-state index is 0.0502. The molecule has 1 N–H and O–H groups in total. The number of nitrogens with one attached hydrogen (secondary N) is 1. The number of nitrogens with zero attached hydrogens (tertiary/aromatic N) is 4. The highest BCUT2D eigenvalue weighted by Gasteiger charge is 2.30. The van der Waals surface area contributed by atoms with E-state index in [1.807, 2.05) is 0 Å². The second-order valence-corrected chi connectivity index (χ2v) is 12.0. The van der Waals surface area contributed by atoms with E-state index in [0.29, 0.717) is 19.1 Å². The summed E-state index contributed by atoms with van der Waals surface area (Å²) in [6, 6.07) is 5.25. The fourth-order valence-electron chi connectivity index (χ4n) is 3.90. The van der Waals surface area contributed by atoms with Crippen LogP contribution in [0.3, 0.4) is 0 Å². The van der Waals surface area contributed by atoms with Crippen LogP contribution in [0.5, 0.6) is 0 Å². The average molecular weight is 500 g/mol. The lowest BCUT2D eigenvalue weighted by Crippen LogP contribution is -2.50. The number of halogens is 1. The standard InChI is InChI=1S/C20H26FN5O3S3/c21-15-6-8-17(9-7-15)32(28,29)26-12-10-25(11-13-26)18(27)14-30-20-24-23-19(31-20)22-16-4-2-1-3-5-16/h6-9,16H,1-5,10-14H2,(H,22,23). The minimum Gasteiger partial charge on any atom is -0.357 e. The van der Waals surface area contributed by atoms with Gasteiger partial charge in [-0.2, -0.15) is 4.31 Å². The molecule has 1 saturated heterocycles. The van der Waals surface area contributed by atoms with Gasteiger partial charge in [0, 0.05) is 32.2 Å². The van der Waals surface area contributed by atoms with Gasteiger partial charge in [0.2, 0.25) is 21.1 Å². The molecule has 1 aliphatic carbocycles. The van der Waals surface area contributed by atoms with Gasteiger partial charge >= 0.3 is 0 Å². The number of hydrogen-bond acceptors (Lipinski definition) is 8. The van der Waals surface area contributed by atoms with Crippen LogP contribution in [-0.2, 0) is 14.8 Å². The number of rotatable bonds is 7. The van der Waals surface area contributed by atoms with Gasteiger partial charge in [0.15, 0.2) is 4.34 Å². The van der Waals surface area contributed by atoms with Crippen molar-refractivity contribution in [3.8, 4) is 0 Å². The largest absolute Gasteiger partial charge is 0.357 e. The first-order valence-corrected chi connectivity index (χ1v) is 13.9. The second-order valence-electron chi connectivity index (χ2n) is 7.88. The van der Waals surface area contributed by atoms with Crippen molar-refractivity contribution in [2.24, 2.45) is 0 Å². The Morgan fingerprint density at radius 1 is 1.09 bits per heavy atom. The summed E-state index contributed by atoms with van der Waals surface area (Å²) in [5.41, 5.74) is 0. The number of hydrogen-bond donors (Lipinski definition) is 1. The first-order chi connectivity index (χ1) is 15.4. The number of carbonyl (C=O) groups excluding carboxylic acids is 1. The van der Waals surface area contributed by atoms with E-state index in [1.54, 1.807) is 4.90 Å². The minimum atomic E-state index is -3.69. The van der Waals surface area contributed by atoms with Gasteiger partial charge in [-0.25, -0.2) is 12.8 Å². The van der Waals surface area contributed by atoms with Crippen LogP contribution in [0.4, 0.5) is 9.52 Å². The molecule has 0 unspecified atom stereocenters. The summed E-state index contributed by atoms with van der Waals surface area (Å²) in [6.45, 7) is 1.07. The molecule has 1 aliphatic heterocycles. The van der Waals surface area contributed by atoms with Gasteiger partial charge in [-0.1, -0.05) is 42.4 Å². The molecule has 0 atom stereocenters. The van der Waals surface area contributed by atoms with Gasteiger partial charge in [0.05, 0.1) is 10.6 Å². The molecule has 1 saturated carbocycles. The van der Waals surface area contributed by atoms with Crippen LogP contribution in [0.25, 0.3) is 0 Å². The van der Waals surface area contributed by atoms with E-state index in [0.717, 1.165) is 34.4 Å². The van der Waals surface area contributed by atoms with E-state index in [-0.39, 0.29) is 29.6 Å². The third-order valence-corrected chi connectivity index (χ3v) is 9.59. The van der Waals surface area contributed by atoms with Crippen LogP contribution >= 0.6 is 23.1 Å². The summed E-state index contributed by atoms with van der Waals surface area (Å²) in [5, 5.41) is 12.6. The molecule has 1 aromatic carbocycles. The van der Waals surface area contributed by atoms with E-state index >= 15 is 0 Å². The Morgan fingerprint density at radius 2 is 1.78 bits per heavy atom. The molecular weight excluding hydrogens is 473 g/mol. The molecule has 2 aromatic rings. The number of benzene rings is 1. The Hall–Kier alpha value is -1.76. The van der Waals surface area contributed by atoms with Gasteiger partial charge in [0.1, 0.15) is 5.82 Å². The lowest BCUT2D eigenvalue weighted by Gasteiger charge is -2.34. The van der Waals surface area contributed by atoms with Gasteiger partial charge in [-0.05, 0) is 37.1 Å². The maximum Gasteiger partial charge on any atom is 0.243 e. The Kier molecular flexibility index (Phi) is 7.64. The summed E-state index contributed by atoms with van der Waals surface area (Å²) < 4.78 is 40.6. The van der Waals surface area contributed by atoms with E-state index in [1.165, 1.54) is 58.8 Å². The molecular formula is C20H26FN5O3S3. The van der Waals surface area contributed by atoms with Crippen molar-refractivity contribution in [2.75, 3.05) is 37.2 Å². The third kappa shape index (κ3) is 5.77. The SMILES string of the molecule is O=C(CSc1nnc(NC2CCCCC2)s1)N1CCN(S(=O)(=O)c2ccc(F)cc2)CC1. The number of sulfonamides is 1. The summed E-state index contributed by atoms with van der Waals surface area (Å²) in [4.78, 5) is 14.3. The van der Waals surface area contributed by atoms with Crippen molar-refractivity contribution in [1.82, 2.24) is 19.4 Å². The van der Waals surface area contributed by atoms with Crippen LogP contribution in [0, 0.1) is 5.82 Å². The topological polar surface area (TPSA) is 95.5 Å². The van der Waals surface area contributed by atoms with Crippen molar-refractivity contribution < 1.29 is 17.6 Å². The molecule has 0 radical (unpaired) electrons. The highest BCUT2D eigenvalue weighted by atomic mass is 32.2. The molecule has 2 heterocycles. The molecule has 1 amide bonds. The lowest BCUT2D eigenvalue weighted by atomic mass is 9.96. The highest BCUT2D eigenvalue weighted by Crippen LogP contribution is 2.28. The molecule has 1 aromatic heterocycles. The maximum atomic E-state index is 13.1. The highest BCUT2D eigenvalue weighted by molar-refractivity contribution is 8.01. The third-order valence-electron chi connectivity index (χ3n) is 5.70. The zero-order valence-electron chi connectivity index (χ0n) is 17.6. The van der Waals surface area contributed by atoms with Crippen LogP contribution in [-0.4, -0.2) is 71.7 Å². The molecule has 2 fully saturated rings. The average Bonchev–Trinajstić information content (AvgIpc) is 3.26. The van der Waals surface area contributed by atoms with E-state index in [9.17, 15) is 17.6 Å². The van der Waals surface area contributed by atoms with E-state index < -0.39 is 15.8 Å². The van der Waals surface area contributed by atoms with Crippen LogP contribution < -0.4 is 5.32 Å². The summed E-state index contributed by atoms with van der Waals surface area (Å²) >= 11 is 2.82. The smallest absolute Gasteiger partial charge is 0.243 e. The van der Waals surface area contributed by atoms with E-state index in [2.05, 4.69) is 15.5 Å². The number of amides is 1. The predicted molar refractivity (Wildman–Crippen MR) is 123 cm³/mol. The van der Waals surface area contributed by atoms with Crippen molar-refractivity contribution in [2.45, 2.75) is 47.4 Å². The number of aromatic nitrogens is 2. The summed E-state index contributed by atoms with van der Waals surface area (Å²) in [5.74, 6) is -0.294. The van der Waals surface area contributed by atoms with Crippen LogP contribution in [0.2, 0.25) is 0 Å². The second kappa shape index (κ2) is 10.4. The Morgan fingerprint density at radius 3 is 2.47 bits per heavy atom. The number of thioether (sulfide) groups is 1. The van der Waals surface area contributed by atoms with Crippen LogP contribution in [0.15, 0.2) is 33.5 Å². The van der Waals surface area contributed by atoms with E-state index in [4.69, 9.17) is 0 Å². The van der Waals surface area contributed by atoms with Crippen molar-refractivity contribution >= 4 is 44.2 Å². The lowest BCUT2D eigenvalue weighted by molar-refractivity contribution is -0.129. The Bertz CT molecular complexity index is 1020. The van der Waals surface area contributed by atoms with Crippen LogP contribution in [0.1, 0.15) is 32.1 Å². The first kappa shape index (κ1) is 23.4. The first-order valence-electron chi connectivity index (χ1n) is 10.7. The zero-order valence-corrected chi connectivity index (χ0v) is 20.0. The fourth-order valence-corrected chi connectivity index (χ4v) is 7.05. The quantitative estimate of drug-likeness (QED) is 0.585. The fraction of sp³-hybridized carbons (Fsp3) is 0.550. The number of carbonyl (C=O) groups is 1. The monoisotopic (exact) mass is 499 g/mol. The zero-order chi connectivity index (χ0) is 22.6. The molecule has 0 spiro atoms. The normalized spacial score (nSPS) is 18.6. The molecule has 4 rings (SSSR count).